The first-order valence-electron chi connectivity index (χ1n) is 3.53. The monoisotopic (exact) mass is 308 g/mol. The van der Waals surface area contributed by atoms with Crippen molar-refractivity contribution in [2.45, 2.75) is 0 Å². The van der Waals surface area contributed by atoms with E-state index >= 15 is 0 Å². The van der Waals surface area contributed by atoms with Crippen LogP contribution in [0.5, 0.6) is 0 Å². The van der Waals surface area contributed by atoms with Crippen molar-refractivity contribution >= 4 is 29.1 Å². The predicted octanol–water partition coefficient (Wildman–Crippen LogP) is -1.22. The largest absolute Gasteiger partial charge is 0.476 e. The molecule has 11 nitrogen and oxygen atoms in total. The smallest absolute Gasteiger partial charge is 0.263 e. The molecule has 1 aromatic rings. The Morgan fingerprint density at radius 1 is 1.24 bits per heavy atom. The minimum Gasteiger partial charge on any atom is -0.263 e. The Morgan fingerprint density at radius 3 is 2.35 bits per heavy atom. The number of aromatic nitrogens is 2. The van der Waals surface area contributed by atoms with Gasteiger partial charge in [-0.25, -0.2) is 4.28 Å². The van der Waals surface area contributed by atoms with Gasteiger partial charge in [-0.15, -0.1) is 5.10 Å². The molecule has 0 bridgehead atoms. The third-order valence-electron chi connectivity index (χ3n) is 0.991. The zero-order valence-electron chi connectivity index (χ0n) is 7.66. The Bertz CT molecular complexity index is 588. The summed E-state index contributed by atoms with van der Waals surface area (Å²) in [6.07, 6.45) is 2.25. The third kappa shape index (κ3) is 5.76. The van der Waals surface area contributed by atoms with Crippen LogP contribution in [0.1, 0.15) is 0 Å². The molecule has 1 aromatic heterocycles. The fraction of sp³-hybridized carbons (Fsp3) is 0. The summed E-state index contributed by atoms with van der Waals surface area (Å²) in [5.74, 6) is 0. The molecule has 0 aliphatic rings. The summed E-state index contributed by atoms with van der Waals surface area (Å²) in [7, 11) is -14.0. The number of rotatable bonds is 6. The fourth-order valence-corrected chi connectivity index (χ4v) is 2.70. The van der Waals surface area contributed by atoms with Crippen molar-refractivity contribution in [2.24, 2.45) is 0 Å². The molecule has 98 valence electrons. The van der Waals surface area contributed by atoms with Crippen LogP contribution in [-0.4, -0.2) is 31.3 Å². The van der Waals surface area contributed by atoms with Crippen molar-refractivity contribution in [2.75, 3.05) is 0 Å². The van der Waals surface area contributed by atoms with Gasteiger partial charge in [0, 0.05) is 0 Å². The molecule has 14 heteroatoms. The lowest BCUT2D eigenvalue weighted by Gasteiger charge is -2.04. The molecule has 1 rings (SSSR count). The van der Waals surface area contributed by atoms with E-state index in [1.807, 2.05) is 0 Å². The van der Waals surface area contributed by atoms with E-state index < -0.39 is 29.1 Å². The van der Waals surface area contributed by atoms with Crippen LogP contribution in [0, 0.1) is 0 Å². The van der Waals surface area contributed by atoms with Crippen LogP contribution in [0.2, 0.25) is 0 Å². The lowest BCUT2D eigenvalue weighted by Crippen LogP contribution is -2.21. The molecule has 1 atom stereocenters. The van der Waals surface area contributed by atoms with Crippen molar-refractivity contribution in [3.63, 3.8) is 0 Å². The van der Waals surface area contributed by atoms with Crippen molar-refractivity contribution in [3.05, 3.63) is 18.5 Å². The molecule has 0 spiro atoms. The molecule has 0 aromatic carbocycles. The van der Waals surface area contributed by atoms with E-state index in [0.29, 0.717) is 4.85 Å². The van der Waals surface area contributed by atoms with E-state index in [1.165, 1.54) is 12.3 Å². The van der Waals surface area contributed by atoms with Crippen LogP contribution in [0.15, 0.2) is 18.5 Å². The first-order valence-corrected chi connectivity index (χ1v) is 7.45. The molecular formula is C3H5N2O9PS2. The highest BCUT2D eigenvalue weighted by atomic mass is 32.3. The van der Waals surface area contributed by atoms with Gasteiger partial charge in [0.05, 0.1) is 12.4 Å². The van der Waals surface area contributed by atoms with Gasteiger partial charge in [-0.3, -0.25) is 9.12 Å². The molecule has 0 saturated heterocycles. The zero-order chi connectivity index (χ0) is 13.1. The summed E-state index contributed by atoms with van der Waals surface area (Å²) in [6.45, 7) is 0. The minimum absolute atomic E-state index is 0.442. The standard InChI is InChI=1S/C3H5N2O9PS2/c6-15(13-16(7,8)9)14-17(10,11)12-5-3-1-2-4-5/h1-3,15H,(H,7,8,9). The average Bonchev–Trinajstić information content (AvgIpc) is 2.49. The zero-order valence-corrected chi connectivity index (χ0v) is 10.3. The summed E-state index contributed by atoms with van der Waals surface area (Å²) < 4.78 is 71.9. The van der Waals surface area contributed by atoms with Crippen LogP contribution in [0.3, 0.4) is 0 Å². The molecule has 1 unspecified atom stereocenters. The quantitative estimate of drug-likeness (QED) is 0.500. The van der Waals surface area contributed by atoms with Gasteiger partial charge in [0.2, 0.25) is 0 Å². The maximum Gasteiger partial charge on any atom is 0.476 e. The lowest BCUT2D eigenvalue weighted by atomic mass is 10.8. The van der Waals surface area contributed by atoms with E-state index in [-0.39, 0.29) is 0 Å². The number of hydrogen-bond donors (Lipinski definition) is 1. The van der Waals surface area contributed by atoms with E-state index in [2.05, 4.69) is 17.3 Å². The molecule has 0 saturated carbocycles. The summed E-state index contributed by atoms with van der Waals surface area (Å²) in [6, 6.07) is 1.31. The number of nitrogens with zero attached hydrogens (tertiary/aromatic N) is 2. The second-order valence-electron chi connectivity index (χ2n) is 2.24. The van der Waals surface area contributed by atoms with E-state index in [0.717, 1.165) is 6.20 Å². The second kappa shape index (κ2) is 5.12. The van der Waals surface area contributed by atoms with Crippen LogP contribution >= 0.6 is 8.25 Å². The summed E-state index contributed by atoms with van der Waals surface area (Å²) in [4.78, 5) is 0.442. The van der Waals surface area contributed by atoms with Gasteiger partial charge in [-0.2, -0.15) is 24.8 Å². The molecule has 0 radical (unpaired) electrons. The average molecular weight is 308 g/mol. The molecule has 0 aliphatic heterocycles. The molecule has 1 heterocycles. The Balaban J connectivity index is 2.65. The molecule has 17 heavy (non-hydrogen) atoms. The summed E-state index contributed by atoms with van der Waals surface area (Å²) in [5.41, 5.74) is 0. The SMILES string of the molecule is O=[PH](OS(=O)(=O)O)OS(=O)(=O)On1cccn1. The van der Waals surface area contributed by atoms with Gasteiger partial charge in [-0.05, 0) is 6.07 Å². The highest BCUT2D eigenvalue weighted by Gasteiger charge is 2.22. The van der Waals surface area contributed by atoms with Crippen molar-refractivity contribution in [1.29, 1.82) is 0 Å². The third-order valence-corrected chi connectivity index (χ3v) is 4.07. The lowest BCUT2D eigenvalue weighted by molar-refractivity contribution is 0.210. The van der Waals surface area contributed by atoms with Gasteiger partial charge in [-0.1, -0.05) is 4.85 Å². The van der Waals surface area contributed by atoms with Crippen molar-refractivity contribution < 1.29 is 38.2 Å². The van der Waals surface area contributed by atoms with Crippen LogP contribution < -0.4 is 4.28 Å². The maximum absolute atomic E-state index is 11.0. The number of hydrogen-bond acceptors (Lipinski definition) is 9. The maximum atomic E-state index is 11.0. The molecule has 1 N–H and O–H groups in total. The first-order chi connectivity index (χ1) is 7.68. The van der Waals surface area contributed by atoms with Crippen molar-refractivity contribution in [3.8, 4) is 0 Å². The van der Waals surface area contributed by atoms with Crippen LogP contribution in [0.25, 0.3) is 0 Å². The van der Waals surface area contributed by atoms with E-state index in [1.54, 1.807) is 0 Å². The van der Waals surface area contributed by atoms with Gasteiger partial charge >= 0.3 is 29.1 Å². The summed E-state index contributed by atoms with van der Waals surface area (Å²) in [5, 5.41) is 3.32. The Morgan fingerprint density at radius 2 is 1.88 bits per heavy atom. The second-order valence-corrected chi connectivity index (χ2v) is 5.89. The van der Waals surface area contributed by atoms with Gasteiger partial charge in [0.25, 0.3) is 0 Å². The van der Waals surface area contributed by atoms with E-state index in [9.17, 15) is 21.4 Å². The minimum atomic E-state index is -5.09. The fourth-order valence-electron chi connectivity index (χ4n) is 0.591. The molecule has 0 fully saturated rings. The predicted molar refractivity (Wildman–Crippen MR) is 50.4 cm³/mol. The molecular weight excluding hydrogens is 303 g/mol. The van der Waals surface area contributed by atoms with E-state index in [4.69, 9.17) is 4.55 Å². The first kappa shape index (κ1) is 14.1. The Kier molecular flexibility index (Phi) is 4.24. The topological polar surface area (TPSA) is 151 Å². The molecule has 0 aliphatic carbocycles. The summed E-state index contributed by atoms with van der Waals surface area (Å²) >= 11 is 0. The van der Waals surface area contributed by atoms with Gasteiger partial charge in [0.15, 0.2) is 0 Å². The van der Waals surface area contributed by atoms with Crippen LogP contribution in [-0.2, 0) is 33.3 Å². The highest BCUT2D eigenvalue weighted by Crippen LogP contribution is 2.28. The van der Waals surface area contributed by atoms with Gasteiger partial charge < -0.3 is 0 Å². The van der Waals surface area contributed by atoms with Crippen molar-refractivity contribution in [1.82, 2.24) is 9.94 Å². The Hall–Kier alpha value is -0.980. The van der Waals surface area contributed by atoms with Crippen LogP contribution in [0.4, 0.5) is 0 Å². The normalized spacial score (nSPS) is 14.4. The molecule has 0 amide bonds. The Labute approximate surface area is 96.1 Å². The van der Waals surface area contributed by atoms with Gasteiger partial charge in [0.1, 0.15) is 0 Å². The highest BCUT2D eigenvalue weighted by molar-refractivity contribution is 7.88.